The molecule has 1 aliphatic rings. The fourth-order valence-electron chi connectivity index (χ4n) is 3.99. The Balaban J connectivity index is 1.27. The van der Waals surface area contributed by atoms with E-state index in [1.54, 1.807) is 22.9 Å². The number of halogens is 3. The van der Waals surface area contributed by atoms with Crippen molar-refractivity contribution in [1.82, 2.24) is 19.7 Å². The minimum Gasteiger partial charge on any atom is -0.450 e. The number of carbonyl (C=O) groups is 1. The second-order valence-corrected chi connectivity index (χ2v) is 16.9. The molecule has 1 aliphatic carbocycles. The van der Waals surface area contributed by atoms with E-state index in [4.69, 9.17) is 21.1 Å². The molecule has 9 nitrogen and oxygen atoms in total. The topological polar surface area (TPSA) is 103 Å². The van der Waals surface area contributed by atoms with Gasteiger partial charge in [0.1, 0.15) is 18.1 Å². The van der Waals surface area contributed by atoms with Crippen molar-refractivity contribution in [3.05, 3.63) is 65.1 Å². The molecule has 40 heavy (non-hydrogen) atoms. The largest absolute Gasteiger partial charge is 0.450 e. The number of pyridine rings is 1. The Kier molecular flexibility index (Phi) is 8.01. The van der Waals surface area contributed by atoms with E-state index in [1.165, 1.54) is 12.3 Å². The normalized spacial score (nSPS) is 13.4. The molecule has 3 heterocycles. The number of hydrogen-bond donors (Lipinski definition) is 2. The maximum absolute atomic E-state index is 15.0. The van der Waals surface area contributed by atoms with Gasteiger partial charge in [-0.1, -0.05) is 31.2 Å². The molecule has 0 unspecified atom stereocenters. The van der Waals surface area contributed by atoms with Crippen molar-refractivity contribution in [3.63, 3.8) is 0 Å². The minimum absolute atomic E-state index is 0.109. The van der Waals surface area contributed by atoms with E-state index >= 15 is 0 Å². The Morgan fingerprint density at radius 1 is 1.12 bits per heavy atom. The third kappa shape index (κ3) is 6.74. The van der Waals surface area contributed by atoms with Gasteiger partial charge in [-0.25, -0.2) is 18.6 Å². The van der Waals surface area contributed by atoms with Gasteiger partial charge in [-0.3, -0.25) is 5.32 Å². The number of carbonyl (C=O) groups excluding carboxylic acids is 1. The third-order valence-corrected chi connectivity index (χ3v) is 8.28. The van der Waals surface area contributed by atoms with Gasteiger partial charge in [0.05, 0.1) is 16.1 Å². The van der Waals surface area contributed by atoms with Crippen molar-refractivity contribution in [1.29, 1.82) is 0 Å². The van der Waals surface area contributed by atoms with E-state index in [0.29, 0.717) is 28.6 Å². The van der Waals surface area contributed by atoms with Gasteiger partial charge >= 0.3 is 6.03 Å². The fourth-order valence-corrected chi connectivity index (χ4v) is 5.04. The van der Waals surface area contributed by atoms with Gasteiger partial charge < -0.3 is 19.4 Å². The SMILES string of the molecule is C[Si](C)(C)CCOCn1cc(Cl)c2c(Oc3c(F)cc(NC(=O)Nc4ccc(C5CC5)nn4)cc3F)ccnc21. The van der Waals surface area contributed by atoms with Crippen molar-refractivity contribution < 1.29 is 23.0 Å². The first-order valence-corrected chi connectivity index (χ1v) is 17.0. The molecule has 0 aliphatic heterocycles. The van der Waals surface area contributed by atoms with Gasteiger partial charge in [0.25, 0.3) is 0 Å². The summed E-state index contributed by atoms with van der Waals surface area (Å²) < 4.78 is 43.1. The second-order valence-electron chi connectivity index (χ2n) is 10.9. The van der Waals surface area contributed by atoms with Gasteiger partial charge in [0.15, 0.2) is 23.2 Å². The molecule has 2 N–H and O–H groups in total. The molecule has 13 heteroatoms. The maximum Gasteiger partial charge on any atom is 0.324 e. The molecule has 4 aromatic rings. The van der Waals surface area contributed by atoms with Crippen LogP contribution in [0.5, 0.6) is 11.5 Å². The molecule has 0 bridgehead atoms. The summed E-state index contributed by atoms with van der Waals surface area (Å²) in [5.74, 6) is -1.90. The number of amides is 2. The highest BCUT2D eigenvalue weighted by molar-refractivity contribution is 6.76. The first kappa shape index (κ1) is 27.9. The fraction of sp³-hybridized carbons (Fsp3) is 0.333. The van der Waals surface area contributed by atoms with E-state index in [9.17, 15) is 13.6 Å². The molecule has 210 valence electrons. The highest BCUT2D eigenvalue weighted by Crippen LogP contribution is 2.39. The lowest BCUT2D eigenvalue weighted by molar-refractivity contribution is 0.0899. The lowest BCUT2D eigenvalue weighted by atomic mass is 10.2. The minimum atomic E-state index is -1.24. The molecule has 1 fully saturated rings. The van der Waals surface area contributed by atoms with Crippen LogP contribution in [0.1, 0.15) is 24.5 Å². The molecule has 3 aromatic heterocycles. The van der Waals surface area contributed by atoms with E-state index in [0.717, 1.165) is 36.7 Å². The lowest BCUT2D eigenvalue weighted by Gasteiger charge is -2.15. The van der Waals surface area contributed by atoms with Crippen molar-refractivity contribution in [3.8, 4) is 11.5 Å². The highest BCUT2D eigenvalue weighted by atomic mass is 35.5. The average molecular weight is 587 g/mol. The predicted octanol–water partition coefficient (Wildman–Crippen LogP) is 7.38. The Morgan fingerprint density at radius 3 is 2.52 bits per heavy atom. The Bertz CT molecular complexity index is 1520. The maximum atomic E-state index is 15.0. The molecule has 0 radical (unpaired) electrons. The van der Waals surface area contributed by atoms with E-state index in [-0.39, 0.29) is 24.0 Å². The summed E-state index contributed by atoms with van der Waals surface area (Å²) in [6.45, 7) is 7.64. The van der Waals surface area contributed by atoms with Crippen LogP contribution in [0.25, 0.3) is 11.0 Å². The Labute approximate surface area is 235 Å². The van der Waals surface area contributed by atoms with Crippen molar-refractivity contribution in [2.75, 3.05) is 17.2 Å². The quantitative estimate of drug-likeness (QED) is 0.148. The van der Waals surface area contributed by atoms with Crippen LogP contribution in [-0.4, -0.2) is 40.5 Å². The molecular weight excluding hydrogens is 558 g/mol. The molecule has 1 aromatic carbocycles. The smallest absolute Gasteiger partial charge is 0.324 e. The summed E-state index contributed by atoms with van der Waals surface area (Å²) in [7, 11) is -1.24. The molecule has 5 rings (SSSR count). The number of anilines is 2. The van der Waals surface area contributed by atoms with Gasteiger partial charge in [-0.05, 0) is 37.1 Å². The number of ether oxygens (including phenoxy) is 2. The van der Waals surface area contributed by atoms with E-state index < -0.39 is 31.5 Å². The van der Waals surface area contributed by atoms with Crippen LogP contribution in [0.4, 0.5) is 25.1 Å². The van der Waals surface area contributed by atoms with E-state index in [2.05, 4.69) is 45.5 Å². The van der Waals surface area contributed by atoms with Crippen LogP contribution in [0.2, 0.25) is 30.7 Å². The van der Waals surface area contributed by atoms with Gasteiger partial charge in [0, 0.05) is 50.8 Å². The van der Waals surface area contributed by atoms with E-state index in [1.807, 2.05) is 0 Å². The first-order chi connectivity index (χ1) is 19.1. The van der Waals surface area contributed by atoms with Crippen LogP contribution < -0.4 is 15.4 Å². The van der Waals surface area contributed by atoms with Crippen molar-refractivity contribution in [2.24, 2.45) is 0 Å². The number of benzene rings is 1. The van der Waals surface area contributed by atoms with Gasteiger partial charge in [-0.15, -0.1) is 5.10 Å². The predicted molar refractivity (Wildman–Crippen MR) is 152 cm³/mol. The average Bonchev–Trinajstić information content (AvgIpc) is 3.68. The number of fused-ring (bicyclic) bond motifs is 1. The third-order valence-electron chi connectivity index (χ3n) is 6.29. The molecular formula is C27H29ClF2N6O3Si. The Morgan fingerprint density at radius 2 is 1.88 bits per heavy atom. The van der Waals surface area contributed by atoms with Gasteiger partial charge in [0.2, 0.25) is 0 Å². The monoisotopic (exact) mass is 586 g/mol. The van der Waals surface area contributed by atoms with Crippen LogP contribution >= 0.6 is 11.6 Å². The molecule has 2 amide bonds. The van der Waals surface area contributed by atoms with Gasteiger partial charge in [-0.2, -0.15) is 5.10 Å². The second kappa shape index (κ2) is 11.5. The zero-order chi connectivity index (χ0) is 28.4. The highest BCUT2D eigenvalue weighted by Gasteiger charge is 2.25. The summed E-state index contributed by atoms with van der Waals surface area (Å²) in [6, 6.07) is 7.09. The Hall–Kier alpha value is -3.61. The zero-order valence-electron chi connectivity index (χ0n) is 22.3. The summed E-state index contributed by atoms with van der Waals surface area (Å²) in [4.78, 5) is 16.7. The molecule has 0 saturated heterocycles. The number of rotatable bonds is 10. The molecule has 0 spiro atoms. The summed E-state index contributed by atoms with van der Waals surface area (Å²) in [5, 5.41) is 13.6. The van der Waals surface area contributed by atoms with Crippen LogP contribution in [0.15, 0.2) is 42.7 Å². The summed E-state index contributed by atoms with van der Waals surface area (Å²) >= 11 is 6.45. The molecule has 0 atom stereocenters. The molecule has 1 saturated carbocycles. The lowest BCUT2D eigenvalue weighted by Crippen LogP contribution is -2.22. The number of hydrogen-bond acceptors (Lipinski definition) is 6. The number of urea groups is 1. The number of nitrogens with one attached hydrogen (secondary N) is 2. The van der Waals surface area contributed by atoms with Crippen LogP contribution in [0, 0.1) is 11.6 Å². The summed E-state index contributed by atoms with van der Waals surface area (Å²) in [6.07, 6.45) is 5.27. The standard InChI is InChI=1S/C27H29ClF2N6O3Si/c1-40(2,3)11-10-38-15-36-14-18(28)24-22(8-9-31-26(24)36)39-25-19(29)12-17(13-20(25)30)32-27(37)33-23-7-6-21(34-35-23)16-4-5-16/h6-9,12-14,16H,4-5,10-11,15H2,1-3H3,(H2,32,33,35,37). The van der Waals surface area contributed by atoms with Crippen LogP contribution in [0.3, 0.4) is 0 Å². The first-order valence-electron chi connectivity index (χ1n) is 12.9. The summed E-state index contributed by atoms with van der Waals surface area (Å²) in [5.41, 5.74) is 1.22. The zero-order valence-corrected chi connectivity index (χ0v) is 24.1. The van der Waals surface area contributed by atoms with Crippen molar-refractivity contribution >= 4 is 48.2 Å². The number of aromatic nitrogens is 4. The van der Waals surface area contributed by atoms with Crippen molar-refractivity contribution in [2.45, 2.75) is 51.2 Å². The van der Waals surface area contributed by atoms with Crippen LogP contribution in [-0.2, 0) is 11.5 Å². The number of nitrogens with zero attached hydrogens (tertiary/aromatic N) is 4.